The van der Waals surface area contributed by atoms with Crippen molar-refractivity contribution in [1.29, 1.82) is 0 Å². The number of nitrogens with zero attached hydrogens (tertiary/aromatic N) is 1. The molecule has 1 atom stereocenters. The van der Waals surface area contributed by atoms with Crippen molar-refractivity contribution in [3.8, 4) is 5.75 Å². The van der Waals surface area contributed by atoms with Gasteiger partial charge in [0, 0.05) is 22.3 Å². The average Bonchev–Trinajstić information content (AvgIpc) is 2.41. The van der Waals surface area contributed by atoms with Gasteiger partial charge in [0.15, 0.2) is 0 Å². The zero-order valence-corrected chi connectivity index (χ0v) is 11.7. The van der Waals surface area contributed by atoms with Crippen LogP contribution in [0.4, 0.5) is 0 Å². The number of nitrogens with two attached hydrogens (primary N) is 1. The van der Waals surface area contributed by atoms with Gasteiger partial charge in [0.25, 0.3) is 0 Å². The third-order valence-electron chi connectivity index (χ3n) is 2.83. The molecule has 3 nitrogen and oxygen atoms in total. The highest BCUT2D eigenvalue weighted by Crippen LogP contribution is 2.27. The van der Waals surface area contributed by atoms with Gasteiger partial charge in [-0.1, -0.05) is 34.1 Å². The molecule has 0 aliphatic heterocycles. The van der Waals surface area contributed by atoms with Crippen molar-refractivity contribution in [3.05, 3.63) is 58.3 Å². The van der Waals surface area contributed by atoms with Crippen molar-refractivity contribution in [2.24, 2.45) is 5.73 Å². The molecule has 0 saturated carbocycles. The van der Waals surface area contributed by atoms with Gasteiger partial charge in [0.05, 0.1) is 13.3 Å². The molecule has 0 saturated heterocycles. The van der Waals surface area contributed by atoms with E-state index in [-0.39, 0.29) is 6.04 Å². The van der Waals surface area contributed by atoms with Gasteiger partial charge in [0.2, 0.25) is 0 Å². The van der Waals surface area contributed by atoms with Gasteiger partial charge >= 0.3 is 0 Å². The molecule has 1 heterocycles. The fourth-order valence-electron chi connectivity index (χ4n) is 1.88. The molecule has 0 fully saturated rings. The van der Waals surface area contributed by atoms with Gasteiger partial charge in [0.1, 0.15) is 5.75 Å². The van der Waals surface area contributed by atoms with Crippen molar-refractivity contribution < 1.29 is 4.74 Å². The first kappa shape index (κ1) is 13.1. The number of benzene rings is 1. The van der Waals surface area contributed by atoms with E-state index in [0.717, 1.165) is 22.2 Å². The summed E-state index contributed by atoms with van der Waals surface area (Å²) in [6.07, 6.45) is 4.18. The third kappa shape index (κ3) is 2.89. The maximum atomic E-state index is 6.24. The number of rotatable bonds is 4. The molecule has 2 aromatic rings. The minimum absolute atomic E-state index is 0.110. The molecule has 0 bridgehead atoms. The molecule has 2 rings (SSSR count). The summed E-state index contributed by atoms with van der Waals surface area (Å²) in [7, 11) is 1.63. The van der Waals surface area contributed by atoms with E-state index >= 15 is 0 Å². The summed E-state index contributed by atoms with van der Waals surface area (Å²) >= 11 is 3.53. The predicted molar refractivity (Wildman–Crippen MR) is 75.6 cm³/mol. The first-order chi connectivity index (χ1) is 8.72. The van der Waals surface area contributed by atoms with E-state index in [0.29, 0.717) is 0 Å². The number of halogens is 1. The van der Waals surface area contributed by atoms with Gasteiger partial charge in [-0.15, -0.1) is 0 Å². The molecule has 94 valence electrons. The van der Waals surface area contributed by atoms with Crippen LogP contribution in [0.2, 0.25) is 0 Å². The highest BCUT2D eigenvalue weighted by atomic mass is 79.9. The molecule has 1 aromatic heterocycles. The van der Waals surface area contributed by atoms with Gasteiger partial charge in [-0.05, 0) is 24.1 Å². The second-order valence-corrected chi connectivity index (χ2v) is 4.87. The summed E-state index contributed by atoms with van der Waals surface area (Å²) < 4.78 is 6.36. The Hall–Kier alpha value is -1.39. The lowest BCUT2D eigenvalue weighted by molar-refractivity contribution is 0.403. The van der Waals surface area contributed by atoms with Crippen molar-refractivity contribution in [2.45, 2.75) is 12.5 Å². The molecule has 0 spiro atoms. The molecule has 1 unspecified atom stereocenters. The molecule has 0 radical (unpaired) electrons. The van der Waals surface area contributed by atoms with Crippen molar-refractivity contribution >= 4 is 15.9 Å². The Morgan fingerprint density at radius 2 is 2.11 bits per heavy atom. The largest absolute Gasteiger partial charge is 0.495 e. The summed E-state index contributed by atoms with van der Waals surface area (Å²) in [5, 5.41) is 0. The SMILES string of the molecule is COc1cnccc1C(N)Cc1ccccc1Br. The minimum atomic E-state index is -0.110. The monoisotopic (exact) mass is 306 g/mol. The van der Waals surface area contributed by atoms with E-state index in [4.69, 9.17) is 10.5 Å². The minimum Gasteiger partial charge on any atom is -0.495 e. The summed E-state index contributed by atoms with van der Waals surface area (Å²) in [6, 6.07) is 9.88. The second kappa shape index (κ2) is 5.98. The van der Waals surface area contributed by atoms with Crippen LogP contribution in [0.1, 0.15) is 17.2 Å². The van der Waals surface area contributed by atoms with Crippen LogP contribution in [0.25, 0.3) is 0 Å². The fourth-order valence-corrected chi connectivity index (χ4v) is 2.33. The maximum absolute atomic E-state index is 6.24. The molecule has 0 amide bonds. The first-order valence-corrected chi connectivity index (χ1v) is 6.48. The Balaban J connectivity index is 2.22. The normalized spacial score (nSPS) is 12.2. The van der Waals surface area contributed by atoms with Crippen LogP contribution in [-0.4, -0.2) is 12.1 Å². The quantitative estimate of drug-likeness (QED) is 0.944. The highest BCUT2D eigenvalue weighted by Gasteiger charge is 2.13. The van der Waals surface area contributed by atoms with Crippen LogP contribution in [-0.2, 0) is 6.42 Å². The predicted octanol–water partition coefficient (Wildman–Crippen LogP) is 3.10. The van der Waals surface area contributed by atoms with E-state index in [9.17, 15) is 0 Å². The number of hydrogen-bond donors (Lipinski definition) is 1. The molecule has 1 aromatic carbocycles. The molecule has 4 heteroatoms. The summed E-state index contributed by atoms with van der Waals surface area (Å²) in [4.78, 5) is 4.03. The standard InChI is InChI=1S/C14H15BrN2O/c1-18-14-9-17-7-6-11(14)13(16)8-10-4-2-3-5-12(10)15/h2-7,9,13H,8,16H2,1H3. The number of hydrogen-bond acceptors (Lipinski definition) is 3. The van der Waals surface area contributed by atoms with Crippen LogP contribution in [0.15, 0.2) is 47.2 Å². The maximum Gasteiger partial charge on any atom is 0.141 e. The lowest BCUT2D eigenvalue weighted by Crippen LogP contribution is -2.14. The number of pyridine rings is 1. The van der Waals surface area contributed by atoms with E-state index < -0.39 is 0 Å². The van der Waals surface area contributed by atoms with E-state index in [1.54, 1.807) is 19.5 Å². The zero-order valence-electron chi connectivity index (χ0n) is 10.1. The fraction of sp³-hybridized carbons (Fsp3) is 0.214. The summed E-state index contributed by atoms with van der Waals surface area (Å²) in [6.45, 7) is 0. The lowest BCUT2D eigenvalue weighted by Gasteiger charge is -2.16. The highest BCUT2D eigenvalue weighted by molar-refractivity contribution is 9.10. The average molecular weight is 307 g/mol. The molecule has 0 aliphatic carbocycles. The Morgan fingerprint density at radius 3 is 2.83 bits per heavy atom. The molecule has 0 aliphatic rings. The van der Waals surface area contributed by atoms with Crippen molar-refractivity contribution in [1.82, 2.24) is 4.98 Å². The van der Waals surface area contributed by atoms with Gasteiger partial charge in [-0.2, -0.15) is 0 Å². The van der Waals surface area contributed by atoms with Crippen LogP contribution < -0.4 is 10.5 Å². The zero-order chi connectivity index (χ0) is 13.0. The number of ether oxygens (including phenoxy) is 1. The van der Waals surface area contributed by atoms with Gasteiger partial charge in [-0.25, -0.2) is 0 Å². The Kier molecular flexibility index (Phi) is 4.33. The second-order valence-electron chi connectivity index (χ2n) is 4.02. The van der Waals surface area contributed by atoms with Crippen molar-refractivity contribution in [2.75, 3.05) is 7.11 Å². The third-order valence-corrected chi connectivity index (χ3v) is 3.61. The smallest absolute Gasteiger partial charge is 0.141 e. The molecule has 18 heavy (non-hydrogen) atoms. The topological polar surface area (TPSA) is 48.1 Å². The van der Waals surface area contributed by atoms with E-state index in [1.165, 1.54) is 5.56 Å². The van der Waals surface area contributed by atoms with Gasteiger partial charge in [-0.3, -0.25) is 4.98 Å². The number of methoxy groups -OCH3 is 1. The van der Waals surface area contributed by atoms with Crippen molar-refractivity contribution in [3.63, 3.8) is 0 Å². The first-order valence-electron chi connectivity index (χ1n) is 5.69. The van der Waals surface area contributed by atoms with E-state index in [1.807, 2.05) is 24.3 Å². The van der Waals surface area contributed by atoms with Gasteiger partial charge < -0.3 is 10.5 Å². The molecule has 2 N–H and O–H groups in total. The van der Waals surface area contributed by atoms with E-state index in [2.05, 4.69) is 27.0 Å². The summed E-state index contributed by atoms with van der Waals surface area (Å²) in [5.41, 5.74) is 8.40. The molecular weight excluding hydrogens is 292 g/mol. The lowest BCUT2D eigenvalue weighted by atomic mass is 10.00. The Morgan fingerprint density at radius 1 is 1.33 bits per heavy atom. The Bertz CT molecular complexity index is 531. The Labute approximate surface area is 115 Å². The number of aromatic nitrogens is 1. The van der Waals surface area contributed by atoms with Crippen LogP contribution in [0.3, 0.4) is 0 Å². The van der Waals surface area contributed by atoms with Crippen LogP contribution in [0.5, 0.6) is 5.75 Å². The van der Waals surface area contributed by atoms with Crippen LogP contribution >= 0.6 is 15.9 Å². The summed E-state index contributed by atoms with van der Waals surface area (Å²) in [5.74, 6) is 0.733. The van der Waals surface area contributed by atoms with Crippen LogP contribution in [0, 0.1) is 0 Å². The molecular formula is C14H15BrN2O.